The molecule has 9 heteroatoms. The SMILES string of the molecule is O=C(O)CCC(NC(=O)OCC1c2ccccc2-c2ccccc21)C(=O)NCC(=O)NC1CC1. The summed E-state index contributed by atoms with van der Waals surface area (Å²) in [6.45, 7) is -0.178. The molecule has 3 amide bonds. The van der Waals surface area contributed by atoms with E-state index in [1.54, 1.807) is 0 Å². The first-order chi connectivity index (χ1) is 16.4. The molecule has 0 radical (unpaired) electrons. The smallest absolute Gasteiger partial charge is 0.407 e. The fourth-order valence-electron chi connectivity index (χ4n) is 4.12. The number of carboxylic acids is 1. The molecule has 0 saturated heterocycles. The minimum atomic E-state index is -1.14. The molecule has 0 aliphatic heterocycles. The number of carbonyl (C=O) groups is 4. The average molecular weight is 466 g/mol. The van der Waals surface area contributed by atoms with Crippen LogP contribution in [0.5, 0.6) is 0 Å². The van der Waals surface area contributed by atoms with E-state index < -0.39 is 24.0 Å². The average Bonchev–Trinajstić information content (AvgIpc) is 3.58. The van der Waals surface area contributed by atoms with Crippen molar-refractivity contribution < 1.29 is 29.0 Å². The van der Waals surface area contributed by atoms with Crippen molar-refractivity contribution >= 4 is 23.9 Å². The zero-order valence-electron chi connectivity index (χ0n) is 18.6. The molecule has 4 N–H and O–H groups in total. The molecule has 2 aliphatic carbocycles. The fraction of sp³-hybridized carbons (Fsp3) is 0.360. The van der Waals surface area contributed by atoms with Gasteiger partial charge in [0, 0.05) is 18.4 Å². The second kappa shape index (κ2) is 10.4. The first kappa shape index (κ1) is 23.3. The lowest BCUT2D eigenvalue weighted by atomic mass is 9.98. The zero-order chi connectivity index (χ0) is 24.1. The van der Waals surface area contributed by atoms with Crippen LogP contribution in [0.3, 0.4) is 0 Å². The van der Waals surface area contributed by atoms with E-state index in [2.05, 4.69) is 16.0 Å². The summed E-state index contributed by atoms with van der Waals surface area (Å²) in [6, 6.07) is 14.9. The number of alkyl carbamates (subject to hydrolysis) is 1. The van der Waals surface area contributed by atoms with Crippen LogP contribution in [0.4, 0.5) is 4.79 Å². The maximum absolute atomic E-state index is 12.5. The van der Waals surface area contributed by atoms with Gasteiger partial charge in [-0.05, 0) is 41.5 Å². The number of nitrogens with one attached hydrogen (secondary N) is 3. The molecular weight excluding hydrogens is 438 g/mol. The molecule has 34 heavy (non-hydrogen) atoms. The number of aliphatic carboxylic acids is 1. The van der Waals surface area contributed by atoms with E-state index in [1.165, 1.54) is 0 Å². The summed E-state index contributed by atoms with van der Waals surface area (Å²) in [7, 11) is 0. The number of hydrogen-bond acceptors (Lipinski definition) is 5. The van der Waals surface area contributed by atoms with Gasteiger partial charge in [0.15, 0.2) is 0 Å². The first-order valence-electron chi connectivity index (χ1n) is 11.3. The van der Waals surface area contributed by atoms with Crippen molar-refractivity contribution in [2.75, 3.05) is 13.2 Å². The van der Waals surface area contributed by atoms with Gasteiger partial charge in [-0.3, -0.25) is 14.4 Å². The highest BCUT2D eigenvalue weighted by atomic mass is 16.5. The number of benzene rings is 2. The number of rotatable bonds is 10. The lowest BCUT2D eigenvalue weighted by molar-refractivity contribution is -0.137. The number of ether oxygens (including phenoxy) is 1. The molecule has 9 nitrogen and oxygen atoms in total. The third-order valence-corrected chi connectivity index (χ3v) is 5.96. The Kier molecular flexibility index (Phi) is 7.10. The predicted octanol–water partition coefficient (Wildman–Crippen LogP) is 2.15. The van der Waals surface area contributed by atoms with Gasteiger partial charge in [-0.25, -0.2) is 4.79 Å². The van der Waals surface area contributed by atoms with Gasteiger partial charge < -0.3 is 25.8 Å². The molecule has 1 atom stereocenters. The molecule has 0 heterocycles. The fourth-order valence-corrected chi connectivity index (χ4v) is 4.12. The van der Waals surface area contributed by atoms with E-state index in [4.69, 9.17) is 9.84 Å². The zero-order valence-corrected chi connectivity index (χ0v) is 18.6. The lowest BCUT2D eigenvalue weighted by Crippen LogP contribution is -2.49. The Balaban J connectivity index is 1.35. The standard InChI is InChI=1S/C25H27N3O6/c29-22(27-15-9-10-15)13-26-24(32)21(11-12-23(30)31)28-25(33)34-14-20-18-7-3-1-5-16(18)17-6-2-4-8-19(17)20/h1-8,15,20-21H,9-14H2,(H,26,32)(H,27,29)(H,28,33)(H,30,31). The van der Waals surface area contributed by atoms with Gasteiger partial charge >= 0.3 is 12.1 Å². The molecule has 2 aliphatic rings. The highest BCUT2D eigenvalue weighted by Crippen LogP contribution is 2.44. The van der Waals surface area contributed by atoms with E-state index in [-0.39, 0.29) is 43.9 Å². The highest BCUT2D eigenvalue weighted by Gasteiger charge is 2.30. The molecule has 178 valence electrons. The van der Waals surface area contributed by atoms with E-state index >= 15 is 0 Å². The van der Waals surface area contributed by atoms with Crippen LogP contribution in [-0.2, 0) is 19.1 Å². The van der Waals surface area contributed by atoms with Crippen LogP contribution in [0, 0.1) is 0 Å². The van der Waals surface area contributed by atoms with Crippen molar-refractivity contribution in [2.24, 2.45) is 0 Å². The summed E-state index contributed by atoms with van der Waals surface area (Å²) in [5, 5.41) is 16.6. The molecule has 0 aromatic heterocycles. The quantitative estimate of drug-likeness (QED) is 0.425. The minimum absolute atomic E-state index is 0.0664. The van der Waals surface area contributed by atoms with Crippen LogP contribution in [0.25, 0.3) is 11.1 Å². The number of hydrogen-bond donors (Lipinski definition) is 4. The largest absolute Gasteiger partial charge is 0.481 e. The topological polar surface area (TPSA) is 134 Å². The second-order valence-corrected chi connectivity index (χ2v) is 8.51. The van der Waals surface area contributed by atoms with Crippen molar-refractivity contribution in [1.29, 1.82) is 0 Å². The summed E-state index contributed by atoms with van der Waals surface area (Å²) in [4.78, 5) is 47.9. The molecule has 0 bridgehead atoms. The maximum Gasteiger partial charge on any atom is 0.407 e. The summed E-state index contributed by atoms with van der Waals surface area (Å²) in [5.74, 6) is -2.20. The van der Waals surface area contributed by atoms with Crippen molar-refractivity contribution in [3.8, 4) is 11.1 Å². The molecule has 1 unspecified atom stereocenters. The Morgan fingerprint density at radius 1 is 0.971 bits per heavy atom. The van der Waals surface area contributed by atoms with E-state index in [1.807, 2.05) is 48.5 Å². The van der Waals surface area contributed by atoms with Crippen LogP contribution < -0.4 is 16.0 Å². The third kappa shape index (κ3) is 5.72. The van der Waals surface area contributed by atoms with Crippen molar-refractivity contribution in [2.45, 2.75) is 43.7 Å². The molecule has 1 fully saturated rings. The van der Waals surface area contributed by atoms with Gasteiger partial charge in [0.05, 0.1) is 6.54 Å². The highest BCUT2D eigenvalue weighted by molar-refractivity contribution is 5.90. The Morgan fingerprint density at radius 2 is 1.59 bits per heavy atom. The van der Waals surface area contributed by atoms with Crippen LogP contribution in [0.1, 0.15) is 42.7 Å². The number of carbonyl (C=O) groups excluding carboxylic acids is 3. The minimum Gasteiger partial charge on any atom is -0.481 e. The van der Waals surface area contributed by atoms with Gasteiger partial charge in [-0.15, -0.1) is 0 Å². The molecule has 2 aromatic rings. The summed E-state index contributed by atoms with van der Waals surface area (Å²) < 4.78 is 5.46. The summed E-state index contributed by atoms with van der Waals surface area (Å²) in [6.07, 6.45) is 0.565. The molecule has 1 saturated carbocycles. The van der Waals surface area contributed by atoms with Crippen molar-refractivity contribution in [1.82, 2.24) is 16.0 Å². The Morgan fingerprint density at radius 3 is 2.18 bits per heavy atom. The Hall–Kier alpha value is -3.88. The second-order valence-electron chi connectivity index (χ2n) is 8.51. The van der Waals surface area contributed by atoms with Crippen LogP contribution in [-0.4, -0.2) is 54.2 Å². The molecule has 0 spiro atoms. The number of fused-ring (bicyclic) bond motifs is 3. The Bertz CT molecular complexity index is 1050. The van der Waals surface area contributed by atoms with Crippen LogP contribution in [0.2, 0.25) is 0 Å². The number of carboxylic acid groups (broad SMARTS) is 1. The molecule has 4 rings (SSSR count). The molecular formula is C25H27N3O6. The van der Waals surface area contributed by atoms with E-state index in [0.29, 0.717) is 0 Å². The van der Waals surface area contributed by atoms with Crippen molar-refractivity contribution in [3.05, 3.63) is 59.7 Å². The monoisotopic (exact) mass is 465 g/mol. The van der Waals surface area contributed by atoms with Gasteiger partial charge in [0.2, 0.25) is 11.8 Å². The summed E-state index contributed by atoms with van der Waals surface area (Å²) >= 11 is 0. The van der Waals surface area contributed by atoms with Gasteiger partial charge in [0.25, 0.3) is 0 Å². The van der Waals surface area contributed by atoms with Crippen LogP contribution >= 0.6 is 0 Å². The Labute approximate surface area is 196 Å². The summed E-state index contributed by atoms with van der Waals surface area (Å²) in [5.41, 5.74) is 4.29. The van der Waals surface area contributed by atoms with Gasteiger partial charge in [-0.1, -0.05) is 48.5 Å². The molecule has 2 aromatic carbocycles. The lowest BCUT2D eigenvalue weighted by Gasteiger charge is -2.19. The normalized spacial score (nSPS) is 14.9. The third-order valence-electron chi connectivity index (χ3n) is 5.96. The van der Waals surface area contributed by atoms with Gasteiger partial charge in [-0.2, -0.15) is 0 Å². The van der Waals surface area contributed by atoms with E-state index in [9.17, 15) is 19.2 Å². The van der Waals surface area contributed by atoms with Gasteiger partial charge in [0.1, 0.15) is 12.6 Å². The van der Waals surface area contributed by atoms with Crippen molar-refractivity contribution in [3.63, 3.8) is 0 Å². The maximum atomic E-state index is 12.5. The van der Waals surface area contributed by atoms with E-state index in [0.717, 1.165) is 35.1 Å². The first-order valence-corrected chi connectivity index (χ1v) is 11.3. The predicted molar refractivity (Wildman–Crippen MR) is 123 cm³/mol. The van der Waals surface area contributed by atoms with Crippen LogP contribution in [0.15, 0.2) is 48.5 Å². The number of amides is 3.